The maximum absolute atomic E-state index is 13.4. The van der Waals surface area contributed by atoms with Gasteiger partial charge in [-0.25, -0.2) is 9.86 Å². The van der Waals surface area contributed by atoms with Gasteiger partial charge in [0.15, 0.2) is 0 Å². The van der Waals surface area contributed by atoms with Crippen LogP contribution in [0.2, 0.25) is 0 Å². The maximum Gasteiger partial charge on any atom is 0.321 e. The van der Waals surface area contributed by atoms with E-state index in [1.807, 2.05) is 0 Å². The molecule has 1 aliphatic rings. The molecular weight excluding hydrogens is 438 g/mol. The number of hydrogen-bond acceptors (Lipinski definition) is 6. The van der Waals surface area contributed by atoms with Gasteiger partial charge in [0.1, 0.15) is 6.04 Å². The second-order valence-corrected chi connectivity index (χ2v) is 9.04. The van der Waals surface area contributed by atoms with Gasteiger partial charge in [0.25, 0.3) is 5.91 Å². The fourth-order valence-corrected chi connectivity index (χ4v) is 4.64. The highest BCUT2D eigenvalue weighted by Gasteiger charge is 2.38. The Morgan fingerprint density at radius 3 is 2.47 bits per heavy atom. The van der Waals surface area contributed by atoms with Crippen LogP contribution in [0.5, 0.6) is 0 Å². The third-order valence-electron chi connectivity index (χ3n) is 6.68. The average Bonchev–Trinajstić information content (AvgIpc) is 3.32. The molecule has 0 radical (unpaired) electrons. The number of carbonyl (C=O) groups is 4. The van der Waals surface area contributed by atoms with Crippen molar-refractivity contribution in [3.63, 3.8) is 0 Å². The van der Waals surface area contributed by atoms with E-state index in [0.29, 0.717) is 43.8 Å². The van der Waals surface area contributed by atoms with E-state index in [2.05, 4.69) is 43.2 Å². The predicted molar refractivity (Wildman–Crippen MR) is 130 cm³/mol. The van der Waals surface area contributed by atoms with Gasteiger partial charge in [0.05, 0.1) is 12.5 Å². The lowest BCUT2D eigenvalue weighted by Gasteiger charge is -2.30. The summed E-state index contributed by atoms with van der Waals surface area (Å²) in [6.07, 6.45) is 5.56. The molecule has 1 saturated heterocycles. The van der Waals surface area contributed by atoms with E-state index in [1.165, 1.54) is 4.90 Å². The van der Waals surface area contributed by atoms with Crippen molar-refractivity contribution in [3.05, 3.63) is 0 Å². The Balaban J connectivity index is 2.71. The summed E-state index contributed by atoms with van der Waals surface area (Å²) < 4.78 is 0. The smallest absolute Gasteiger partial charge is 0.321 e. The number of hydroxylamine groups is 2. The van der Waals surface area contributed by atoms with E-state index in [-0.39, 0.29) is 18.4 Å². The minimum Gasteiger partial charge on any atom is -0.338 e. The molecule has 1 heterocycles. The minimum absolute atomic E-state index is 0.111. The van der Waals surface area contributed by atoms with Crippen molar-refractivity contribution in [2.24, 2.45) is 11.8 Å². The quantitative estimate of drug-likeness (QED) is 0.134. The number of rotatable bonds is 16. The fourth-order valence-electron chi connectivity index (χ4n) is 4.64. The Morgan fingerprint density at radius 1 is 1.18 bits per heavy atom. The molecule has 0 aromatic rings. The molecule has 5 amide bonds. The average molecular weight is 484 g/mol. The number of nitrogens with zero attached hydrogens (tertiary/aromatic N) is 3. The van der Waals surface area contributed by atoms with Crippen LogP contribution in [0.25, 0.3) is 0 Å². The van der Waals surface area contributed by atoms with Gasteiger partial charge >= 0.3 is 6.03 Å². The lowest BCUT2D eigenvalue weighted by molar-refractivity contribution is -0.158. The maximum atomic E-state index is 13.4. The molecule has 196 valence electrons. The zero-order valence-electron chi connectivity index (χ0n) is 21.4. The van der Waals surface area contributed by atoms with E-state index in [1.54, 1.807) is 0 Å². The summed E-state index contributed by atoms with van der Waals surface area (Å²) >= 11 is 0. The van der Waals surface area contributed by atoms with Crippen LogP contribution in [0.3, 0.4) is 0 Å². The zero-order chi connectivity index (χ0) is 25.5. The highest BCUT2D eigenvalue weighted by atomic mass is 16.5. The molecule has 0 aliphatic carbocycles. The van der Waals surface area contributed by atoms with E-state index in [9.17, 15) is 24.4 Å². The molecule has 3 atom stereocenters. The number of nitrogens with one attached hydrogen (secondary N) is 2. The molecule has 1 rings (SSSR count). The molecule has 0 aromatic heterocycles. The van der Waals surface area contributed by atoms with Crippen LogP contribution in [0, 0.1) is 11.8 Å². The molecule has 1 aliphatic heterocycles. The van der Waals surface area contributed by atoms with Gasteiger partial charge in [-0.2, -0.15) is 0 Å². The highest BCUT2D eigenvalue weighted by Crippen LogP contribution is 2.26. The van der Waals surface area contributed by atoms with Crippen molar-refractivity contribution < 1.29 is 24.4 Å². The van der Waals surface area contributed by atoms with E-state index < -0.39 is 23.9 Å². The number of likely N-dealkylation sites (tertiary alicyclic amines) is 1. The first-order valence-corrected chi connectivity index (χ1v) is 12.8. The van der Waals surface area contributed by atoms with Crippen LogP contribution in [-0.2, 0) is 14.4 Å². The molecule has 3 N–H and O–H groups in total. The first kappa shape index (κ1) is 29.8. The topological polar surface area (TPSA) is 122 Å². The second-order valence-electron chi connectivity index (χ2n) is 9.04. The van der Waals surface area contributed by atoms with Crippen LogP contribution in [0.15, 0.2) is 0 Å². The molecule has 34 heavy (non-hydrogen) atoms. The standard InChI is InChI=1S/C24H45N5O5/c1-5-11-19(6-2)16-20(17-28(34)18-30)23(32)29-15-9-12-21(29)22(31)26-24(33)25-13-10-14-27(7-3)8-4/h18-21,34H,5-17H2,1-4H3,(H2,25,26,31,33). The third-order valence-corrected chi connectivity index (χ3v) is 6.68. The second kappa shape index (κ2) is 16.4. The van der Waals surface area contributed by atoms with Crippen LogP contribution < -0.4 is 10.6 Å². The van der Waals surface area contributed by atoms with Crippen molar-refractivity contribution >= 4 is 24.3 Å². The number of carbonyl (C=O) groups excluding carboxylic acids is 4. The Morgan fingerprint density at radius 2 is 1.88 bits per heavy atom. The van der Waals surface area contributed by atoms with Crippen molar-refractivity contribution in [1.29, 1.82) is 0 Å². The van der Waals surface area contributed by atoms with Gasteiger partial charge in [0.2, 0.25) is 12.3 Å². The summed E-state index contributed by atoms with van der Waals surface area (Å²) in [7, 11) is 0. The molecule has 3 unspecified atom stereocenters. The molecule has 0 bridgehead atoms. The highest BCUT2D eigenvalue weighted by molar-refractivity contribution is 5.99. The van der Waals surface area contributed by atoms with Gasteiger partial charge in [0, 0.05) is 13.1 Å². The normalized spacial score (nSPS) is 17.4. The Labute approximate surface area is 204 Å². The lowest BCUT2D eigenvalue weighted by Crippen LogP contribution is -2.52. The van der Waals surface area contributed by atoms with Crippen molar-refractivity contribution in [1.82, 2.24) is 25.5 Å². The number of urea groups is 1. The molecule has 1 fully saturated rings. The lowest BCUT2D eigenvalue weighted by atomic mass is 9.88. The van der Waals surface area contributed by atoms with E-state index >= 15 is 0 Å². The first-order chi connectivity index (χ1) is 16.3. The van der Waals surface area contributed by atoms with Crippen LogP contribution in [0.1, 0.15) is 72.6 Å². The Kier molecular flexibility index (Phi) is 14.4. The number of amides is 5. The molecule has 0 saturated carbocycles. The fraction of sp³-hybridized carbons (Fsp3) is 0.833. The Hall–Kier alpha value is -2.20. The summed E-state index contributed by atoms with van der Waals surface area (Å²) in [5.41, 5.74) is 0. The SMILES string of the molecule is CCCC(CC)CC(CN(O)C=O)C(=O)N1CCCC1C(=O)NC(=O)NCCCN(CC)CC. The van der Waals surface area contributed by atoms with Crippen LogP contribution in [-0.4, -0.2) is 89.6 Å². The first-order valence-electron chi connectivity index (χ1n) is 12.8. The molecule has 10 nitrogen and oxygen atoms in total. The Bertz CT molecular complexity index is 643. The molecule has 0 spiro atoms. The predicted octanol–water partition coefficient (Wildman–Crippen LogP) is 2.22. The van der Waals surface area contributed by atoms with Gasteiger partial charge in [-0.1, -0.05) is 47.0 Å². The summed E-state index contributed by atoms with van der Waals surface area (Å²) in [5, 5.41) is 15.3. The molecule has 0 aromatic carbocycles. The molecular formula is C24H45N5O5. The van der Waals surface area contributed by atoms with Gasteiger partial charge in [-0.05, 0) is 51.2 Å². The minimum atomic E-state index is -0.731. The summed E-state index contributed by atoms with van der Waals surface area (Å²) in [5.74, 6) is -1.07. The number of hydrogen-bond donors (Lipinski definition) is 3. The van der Waals surface area contributed by atoms with Crippen molar-refractivity contribution in [2.45, 2.75) is 78.7 Å². The zero-order valence-corrected chi connectivity index (χ0v) is 21.4. The van der Waals surface area contributed by atoms with Crippen LogP contribution >= 0.6 is 0 Å². The molecule has 10 heteroatoms. The third kappa shape index (κ3) is 9.97. The monoisotopic (exact) mass is 483 g/mol. The van der Waals surface area contributed by atoms with Crippen molar-refractivity contribution in [3.8, 4) is 0 Å². The van der Waals surface area contributed by atoms with Crippen LogP contribution in [0.4, 0.5) is 4.79 Å². The number of imide groups is 1. The van der Waals surface area contributed by atoms with Gasteiger partial charge in [-0.15, -0.1) is 0 Å². The van der Waals surface area contributed by atoms with Gasteiger partial charge < -0.3 is 15.1 Å². The van der Waals surface area contributed by atoms with E-state index in [4.69, 9.17) is 0 Å². The summed E-state index contributed by atoms with van der Waals surface area (Å²) in [4.78, 5) is 53.1. The van der Waals surface area contributed by atoms with Gasteiger partial charge in [-0.3, -0.25) is 24.9 Å². The van der Waals surface area contributed by atoms with Crippen molar-refractivity contribution in [2.75, 3.05) is 39.3 Å². The van der Waals surface area contributed by atoms with E-state index in [0.717, 1.165) is 45.3 Å². The summed E-state index contributed by atoms with van der Waals surface area (Å²) in [6, 6.07) is -1.29. The largest absolute Gasteiger partial charge is 0.338 e. The summed E-state index contributed by atoms with van der Waals surface area (Å²) in [6.45, 7) is 11.8.